The summed E-state index contributed by atoms with van der Waals surface area (Å²) < 4.78 is 0. The van der Waals surface area contributed by atoms with Crippen LogP contribution in [-0.4, -0.2) is 17.6 Å². The Bertz CT molecular complexity index is 666. The summed E-state index contributed by atoms with van der Waals surface area (Å²) >= 11 is 1.48. The second kappa shape index (κ2) is 8.39. The summed E-state index contributed by atoms with van der Waals surface area (Å²) in [5.41, 5.74) is 3.16. The van der Waals surface area contributed by atoms with Crippen LogP contribution in [0.1, 0.15) is 28.4 Å². The van der Waals surface area contributed by atoms with Crippen LogP contribution in [0.3, 0.4) is 0 Å². The number of carbonyl (C=O) groups is 2. The Balaban J connectivity index is 1.76. The average molecular weight is 328 g/mol. The second-order valence-corrected chi connectivity index (χ2v) is 6.06. The summed E-state index contributed by atoms with van der Waals surface area (Å²) in [6, 6.07) is 14.3. The van der Waals surface area contributed by atoms with Gasteiger partial charge < -0.3 is 15.2 Å². The predicted octanol–water partition coefficient (Wildman–Crippen LogP) is 2.48. The predicted molar refractivity (Wildman–Crippen MR) is 91.4 cm³/mol. The minimum Gasteiger partial charge on any atom is -0.545 e. The fourth-order valence-corrected chi connectivity index (χ4v) is 2.81. The number of amides is 1. The first-order valence-corrected chi connectivity index (χ1v) is 8.50. The molecule has 23 heavy (non-hydrogen) atoms. The van der Waals surface area contributed by atoms with Crippen molar-refractivity contribution in [2.45, 2.75) is 19.1 Å². The molecule has 2 rings (SSSR count). The van der Waals surface area contributed by atoms with Crippen molar-refractivity contribution in [2.75, 3.05) is 11.1 Å². The van der Waals surface area contributed by atoms with Crippen LogP contribution in [0.5, 0.6) is 0 Å². The van der Waals surface area contributed by atoms with Crippen LogP contribution < -0.4 is 10.4 Å². The smallest absolute Gasteiger partial charge is 0.234 e. The summed E-state index contributed by atoms with van der Waals surface area (Å²) in [7, 11) is 0. The molecule has 4 nitrogen and oxygen atoms in total. The number of hydrogen-bond acceptors (Lipinski definition) is 4. The third-order valence-electron chi connectivity index (χ3n) is 3.34. The van der Waals surface area contributed by atoms with Gasteiger partial charge in [-0.2, -0.15) is 0 Å². The van der Waals surface area contributed by atoms with Gasteiger partial charge in [0.2, 0.25) is 5.91 Å². The molecule has 2 aromatic carbocycles. The zero-order valence-electron chi connectivity index (χ0n) is 12.9. The van der Waals surface area contributed by atoms with Crippen LogP contribution in [-0.2, 0) is 17.0 Å². The topological polar surface area (TPSA) is 69.2 Å². The van der Waals surface area contributed by atoms with Gasteiger partial charge >= 0.3 is 0 Å². The van der Waals surface area contributed by atoms with Gasteiger partial charge in [0.05, 0.1) is 11.7 Å². The van der Waals surface area contributed by atoms with Gasteiger partial charge in [0.25, 0.3) is 0 Å². The van der Waals surface area contributed by atoms with Gasteiger partial charge in [-0.1, -0.05) is 43.3 Å². The first-order chi connectivity index (χ1) is 11.1. The average Bonchev–Trinajstić information content (AvgIpc) is 2.56. The Hall–Kier alpha value is -2.27. The molecule has 5 heteroatoms. The Morgan fingerprint density at radius 3 is 2.17 bits per heavy atom. The highest BCUT2D eigenvalue weighted by molar-refractivity contribution is 7.99. The van der Waals surface area contributed by atoms with E-state index in [9.17, 15) is 14.7 Å². The molecule has 0 heterocycles. The van der Waals surface area contributed by atoms with Gasteiger partial charge in [-0.3, -0.25) is 4.79 Å². The lowest BCUT2D eigenvalue weighted by Crippen LogP contribution is -2.21. The number of carboxylic acid groups (broad SMARTS) is 1. The molecule has 0 aliphatic carbocycles. The van der Waals surface area contributed by atoms with E-state index in [-0.39, 0.29) is 11.5 Å². The number of carbonyl (C=O) groups excluding carboxylic acids is 2. The fourth-order valence-electron chi connectivity index (χ4n) is 2.02. The highest BCUT2D eigenvalue weighted by Gasteiger charge is 2.03. The normalized spacial score (nSPS) is 10.3. The Labute approximate surface area is 139 Å². The van der Waals surface area contributed by atoms with Crippen molar-refractivity contribution in [3.63, 3.8) is 0 Å². The zero-order valence-corrected chi connectivity index (χ0v) is 13.7. The van der Waals surface area contributed by atoms with Crippen LogP contribution in [0, 0.1) is 0 Å². The first-order valence-electron chi connectivity index (χ1n) is 7.35. The highest BCUT2D eigenvalue weighted by atomic mass is 32.2. The van der Waals surface area contributed by atoms with Crippen molar-refractivity contribution in [3.8, 4) is 0 Å². The van der Waals surface area contributed by atoms with Crippen molar-refractivity contribution in [2.24, 2.45) is 0 Å². The first kappa shape index (κ1) is 17.1. The Morgan fingerprint density at radius 2 is 1.61 bits per heavy atom. The maximum absolute atomic E-state index is 11.9. The minimum absolute atomic E-state index is 0.0504. The Morgan fingerprint density at radius 1 is 1.00 bits per heavy atom. The number of rotatable bonds is 7. The number of hydrogen-bond donors (Lipinski definition) is 1. The number of benzene rings is 2. The third kappa shape index (κ3) is 5.45. The van der Waals surface area contributed by atoms with Gasteiger partial charge in [0.1, 0.15) is 0 Å². The number of thioether (sulfide) groups is 1. The molecule has 0 saturated carbocycles. The summed E-state index contributed by atoms with van der Waals surface area (Å²) in [4.78, 5) is 22.5. The van der Waals surface area contributed by atoms with Crippen LogP contribution >= 0.6 is 11.8 Å². The lowest BCUT2D eigenvalue weighted by Gasteiger charge is -2.07. The molecule has 0 radical (unpaired) electrons. The number of anilines is 1. The van der Waals surface area contributed by atoms with E-state index in [0.717, 1.165) is 17.7 Å². The maximum Gasteiger partial charge on any atom is 0.234 e. The maximum atomic E-state index is 11.9. The van der Waals surface area contributed by atoms with E-state index < -0.39 is 5.97 Å². The fraction of sp³-hybridized carbons (Fsp3) is 0.222. The van der Waals surface area contributed by atoms with E-state index in [1.807, 2.05) is 24.3 Å². The van der Waals surface area contributed by atoms with Crippen LogP contribution in [0.2, 0.25) is 0 Å². The molecule has 0 saturated heterocycles. The van der Waals surface area contributed by atoms with Crippen molar-refractivity contribution < 1.29 is 14.7 Å². The molecule has 0 aliphatic heterocycles. The second-order valence-electron chi connectivity index (χ2n) is 5.08. The molecular weight excluding hydrogens is 310 g/mol. The quantitative estimate of drug-likeness (QED) is 0.848. The van der Waals surface area contributed by atoms with Gasteiger partial charge in [-0.05, 0) is 35.2 Å². The lowest BCUT2D eigenvalue weighted by molar-refractivity contribution is -0.255. The molecular formula is C18H18NO3S-. The monoisotopic (exact) mass is 328 g/mol. The summed E-state index contributed by atoms with van der Waals surface area (Å²) in [5.74, 6) is -0.240. The summed E-state index contributed by atoms with van der Waals surface area (Å²) in [6.07, 6.45) is 0.973. The highest BCUT2D eigenvalue weighted by Crippen LogP contribution is 2.15. The number of aromatic carboxylic acids is 1. The van der Waals surface area contributed by atoms with E-state index >= 15 is 0 Å². The molecule has 0 atom stereocenters. The standard InChI is InChI=1S/C18H19NO3S/c1-2-13-5-9-16(10-6-13)19-17(20)12-23-11-14-3-7-15(8-4-14)18(21)22/h3-10H,2,11-12H2,1H3,(H,19,20)(H,21,22)/p-1. The van der Waals surface area contributed by atoms with Gasteiger partial charge in [0, 0.05) is 11.4 Å². The summed E-state index contributed by atoms with van der Waals surface area (Å²) in [5, 5.41) is 13.5. The number of aryl methyl sites for hydroxylation is 1. The Kier molecular flexibility index (Phi) is 6.23. The van der Waals surface area contributed by atoms with Crippen LogP contribution in [0.4, 0.5) is 5.69 Å². The van der Waals surface area contributed by atoms with E-state index in [1.54, 1.807) is 12.1 Å². The molecule has 1 amide bonds. The number of carboxylic acids is 1. The van der Waals surface area contributed by atoms with Gasteiger partial charge in [-0.25, -0.2) is 0 Å². The van der Waals surface area contributed by atoms with E-state index in [0.29, 0.717) is 11.5 Å². The molecule has 120 valence electrons. The lowest BCUT2D eigenvalue weighted by atomic mass is 10.1. The zero-order chi connectivity index (χ0) is 16.7. The third-order valence-corrected chi connectivity index (χ3v) is 4.34. The molecule has 0 bridgehead atoms. The van der Waals surface area contributed by atoms with E-state index in [1.165, 1.54) is 29.5 Å². The minimum atomic E-state index is -1.18. The molecule has 0 aliphatic rings. The summed E-state index contributed by atoms with van der Waals surface area (Å²) in [6.45, 7) is 2.09. The van der Waals surface area contributed by atoms with Gasteiger partial charge in [-0.15, -0.1) is 11.8 Å². The van der Waals surface area contributed by atoms with Crippen molar-refractivity contribution >= 4 is 29.3 Å². The molecule has 0 unspecified atom stereocenters. The van der Waals surface area contributed by atoms with Gasteiger partial charge in [0.15, 0.2) is 0 Å². The van der Waals surface area contributed by atoms with Crippen LogP contribution in [0.15, 0.2) is 48.5 Å². The molecule has 0 spiro atoms. The molecule has 0 aromatic heterocycles. The van der Waals surface area contributed by atoms with Crippen molar-refractivity contribution in [1.82, 2.24) is 0 Å². The molecule has 0 fully saturated rings. The number of nitrogens with one attached hydrogen (secondary N) is 1. The van der Waals surface area contributed by atoms with Crippen LogP contribution in [0.25, 0.3) is 0 Å². The van der Waals surface area contributed by atoms with E-state index in [2.05, 4.69) is 12.2 Å². The van der Waals surface area contributed by atoms with E-state index in [4.69, 9.17) is 0 Å². The molecule has 1 N–H and O–H groups in total. The SMILES string of the molecule is CCc1ccc(NC(=O)CSCc2ccc(C(=O)[O-])cc2)cc1. The largest absolute Gasteiger partial charge is 0.545 e. The van der Waals surface area contributed by atoms with Crippen molar-refractivity contribution in [1.29, 1.82) is 0 Å². The van der Waals surface area contributed by atoms with Crippen molar-refractivity contribution in [3.05, 3.63) is 65.2 Å². The molecule has 2 aromatic rings.